The predicted octanol–water partition coefficient (Wildman–Crippen LogP) is 3.64. The molecule has 0 aliphatic rings. The summed E-state index contributed by atoms with van der Waals surface area (Å²) in [7, 11) is 0. The topological polar surface area (TPSA) is 104 Å². The Bertz CT molecular complexity index is 928. The molecule has 2 aromatic heterocycles. The molecule has 0 radical (unpaired) electrons. The lowest BCUT2D eigenvalue weighted by molar-refractivity contribution is -0.115. The van der Waals surface area contributed by atoms with Crippen molar-refractivity contribution in [1.82, 2.24) is 9.97 Å². The van der Waals surface area contributed by atoms with Crippen molar-refractivity contribution in [2.45, 2.75) is 13.3 Å². The lowest BCUT2D eigenvalue weighted by atomic mass is 10.2. The molecule has 7 nitrogen and oxygen atoms in total. The van der Waals surface area contributed by atoms with Gasteiger partial charge in [0.15, 0.2) is 5.76 Å². The van der Waals surface area contributed by atoms with E-state index in [2.05, 4.69) is 20.6 Å². The van der Waals surface area contributed by atoms with Gasteiger partial charge in [0.05, 0.1) is 12.3 Å². The summed E-state index contributed by atoms with van der Waals surface area (Å²) >= 11 is 0. The average Bonchev–Trinajstić information content (AvgIpc) is 3.07. The van der Waals surface area contributed by atoms with E-state index >= 15 is 0 Å². The monoisotopic (exact) mass is 333 g/mol. The molecule has 0 saturated heterocycles. The minimum Gasteiger partial charge on any atom is -0.423 e. The fourth-order valence-electron chi connectivity index (χ4n) is 2.20. The zero-order valence-electron chi connectivity index (χ0n) is 13.5. The van der Waals surface area contributed by atoms with Gasteiger partial charge < -0.3 is 15.1 Å². The SMILES string of the molecule is Cc1ccc(NC(=O)CC#N)cc1Nc1ncc(-c2cccnc2)o1. The molecule has 7 heteroatoms. The molecular formula is C18H15N5O2. The molecule has 0 bridgehead atoms. The lowest BCUT2D eigenvalue weighted by Crippen LogP contribution is -2.10. The van der Waals surface area contributed by atoms with Crippen LogP contribution in [0.1, 0.15) is 12.0 Å². The molecule has 3 rings (SSSR count). The fourth-order valence-corrected chi connectivity index (χ4v) is 2.20. The number of hydrogen-bond donors (Lipinski definition) is 2. The van der Waals surface area contributed by atoms with Crippen molar-refractivity contribution in [1.29, 1.82) is 5.26 Å². The number of pyridine rings is 1. The molecule has 1 aromatic carbocycles. The van der Waals surface area contributed by atoms with Crippen molar-refractivity contribution >= 4 is 23.3 Å². The zero-order valence-corrected chi connectivity index (χ0v) is 13.5. The third kappa shape index (κ3) is 4.00. The Labute approximate surface area is 144 Å². The molecule has 0 fully saturated rings. The Kier molecular flexibility index (Phi) is 4.72. The van der Waals surface area contributed by atoms with Crippen molar-refractivity contribution in [3.63, 3.8) is 0 Å². The van der Waals surface area contributed by atoms with E-state index in [4.69, 9.17) is 9.68 Å². The molecule has 25 heavy (non-hydrogen) atoms. The highest BCUT2D eigenvalue weighted by molar-refractivity contribution is 5.92. The predicted molar refractivity (Wildman–Crippen MR) is 93.1 cm³/mol. The summed E-state index contributed by atoms with van der Waals surface area (Å²) in [5.74, 6) is 0.249. The van der Waals surface area contributed by atoms with E-state index < -0.39 is 0 Å². The largest absolute Gasteiger partial charge is 0.423 e. The maximum absolute atomic E-state index is 11.5. The molecule has 3 aromatic rings. The van der Waals surface area contributed by atoms with Crippen LogP contribution in [0, 0.1) is 18.3 Å². The van der Waals surface area contributed by atoms with Crippen LogP contribution in [0.4, 0.5) is 17.4 Å². The van der Waals surface area contributed by atoms with Gasteiger partial charge in [0.1, 0.15) is 6.42 Å². The molecule has 0 aliphatic heterocycles. The first kappa shape index (κ1) is 16.2. The van der Waals surface area contributed by atoms with Crippen molar-refractivity contribution in [2.75, 3.05) is 10.6 Å². The van der Waals surface area contributed by atoms with E-state index in [9.17, 15) is 4.79 Å². The molecule has 2 N–H and O–H groups in total. The lowest BCUT2D eigenvalue weighted by Gasteiger charge is -2.09. The average molecular weight is 333 g/mol. The highest BCUT2D eigenvalue weighted by Gasteiger charge is 2.09. The summed E-state index contributed by atoms with van der Waals surface area (Å²) in [6.45, 7) is 1.92. The Morgan fingerprint density at radius 3 is 2.96 bits per heavy atom. The Hall–Kier alpha value is -3.66. The van der Waals surface area contributed by atoms with E-state index in [-0.39, 0.29) is 12.3 Å². The van der Waals surface area contributed by atoms with Crippen molar-refractivity contribution in [3.8, 4) is 17.4 Å². The summed E-state index contributed by atoms with van der Waals surface area (Å²) in [5, 5.41) is 14.3. The van der Waals surface area contributed by atoms with Gasteiger partial charge in [0, 0.05) is 29.3 Å². The summed E-state index contributed by atoms with van der Waals surface area (Å²) in [6, 6.07) is 11.2. The zero-order chi connectivity index (χ0) is 17.6. The summed E-state index contributed by atoms with van der Waals surface area (Å²) in [5.41, 5.74) is 3.12. The maximum atomic E-state index is 11.5. The van der Waals surface area contributed by atoms with Crippen LogP contribution in [0.3, 0.4) is 0 Å². The van der Waals surface area contributed by atoms with Crippen LogP contribution in [0.15, 0.2) is 53.3 Å². The highest BCUT2D eigenvalue weighted by Crippen LogP contribution is 2.27. The van der Waals surface area contributed by atoms with Gasteiger partial charge in [0.2, 0.25) is 5.91 Å². The fraction of sp³-hybridized carbons (Fsp3) is 0.111. The molecule has 2 heterocycles. The molecular weight excluding hydrogens is 318 g/mol. The van der Waals surface area contributed by atoms with Gasteiger partial charge in [-0.3, -0.25) is 9.78 Å². The molecule has 0 aliphatic carbocycles. The van der Waals surface area contributed by atoms with Crippen LogP contribution in [0.25, 0.3) is 11.3 Å². The molecule has 0 atom stereocenters. The number of aromatic nitrogens is 2. The number of nitrogens with one attached hydrogen (secondary N) is 2. The first-order valence-electron chi connectivity index (χ1n) is 7.56. The third-order valence-electron chi connectivity index (χ3n) is 3.45. The van der Waals surface area contributed by atoms with E-state index in [0.717, 1.165) is 16.8 Å². The Morgan fingerprint density at radius 1 is 1.32 bits per heavy atom. The van der Waals surface area contributed by atoms with Gasteiger partial charge in [-0.15, -0.1) is 0 Å². The second kappa shape index (κ2) is 7.27. The smallest absolute Gasteiger partial charge is 0.299 e. The number of nitrogens with zero attached hydrogens (tertiary/aromatic N) is 3. The second-order valence-electron chi connectivity index (χ2n) is 5.31. The van der Waals surface area contributed by atoms with Crippen LogP contribution in [-0.4, -0.2) is 15.9 Å². The van der Waals surface area contributed by atoms with Crippen LogP contribution in [0.2, 0.25) is 0 Å². The highest BCUT2D eigenvalue weighted by atomic mass is 16.4. The van der Waals surface area contributed by atoms with Gasteiger partial charge >= 0.3 is 0 Å². The van der Waals surface area contributed by atoms with Crippen molar-refractivity contribution in [3.05, 3.63) is 54.5 Å². The number of nitriles is 1. The van der Waals surface area contributed by atoms with E-state index in [0.29, 0.717) is 17.5 Å². The number of carbonyl (C=O) groups is 1. The first-order chi connectivity index (χ1) is 12.2. The number of benzene rings is 1. The quantitative estimate of drug-likeness (QED) is 0.738. The van der Waals surface area contributed by atoms with Crippen LogP contribution < -0.4 is 10.6 Å². The number of amides is 1. The first-order valence-corrected chi connectivity index (χ1v) is 7.56. The second-order valence-corrected chi connectivity index (χ2v) is 5.31. The summed E-state index contributed by atoms with van der Waals surface area (Å²) in [6.07, 6.45) is 4.81. The van der Waals surface area contributed by atoms with Gasteiger partial charge in [-0.25, -0.2) is 4.98 Å². The van der Waals surface area contributed by atoms with Gasteiger partial charge in [-0.2, -0.15) is 5.26 Å². The molecule has 0 saturated carbocycles. The minimum absolute atomic E-state index is 0.190. The van der Waals surface area contributed by atoms with Gasteiger partial charge in [-0.1, -0.05) is 6.07 Å². The van der Waals surface area contributed by atoms with Crippen LogP contribution >= 0.6 is 0 Å². The van der Waals surface area contributed by atoms with Crippen LogP contribution in [-0.2, 0) is 4.79 Å². The molecule has 124 valence electrons. The molecule has 0 spiro atoms. The van der Waals surface area contributed by atoms with Gasteiger partial charge in [-0.05, 0) is 36.8 Å². The Morgan fingerprint density at radius 2 is 2.20 bits per heavy atom. The number of oxazole rings is 1. The minimum atomic E-state index is -0.354. The standard InChI is InChI=1S/C18H15N5O2/c1-12-4-5-14(22-17(24)6-7-19)9-15(12)23-18-21-11-16(25-18)13-3-2-8-20-10-13/h2-5,8-11H,6H2,1H3,(H,21,23)(H,22,24). The van der Waals surface area contributed by atoms with E-state index in [1.807, 2.05) is 31.2 Å². The van der Waals surface area contributed by atoms with Crippen molar-refractivity contribution in [2.24, 2.45) is 0 Å². The number of carbonyl (C=O) groups excluding carboxylic acids is 1. The van der Waals surface area contributed by atoms with E-state index in [1.54, 1.807) is 30.7 Å². The third-order valence-corrected chi connectivity index (χ3v) is 3.45. The van der Waals surface area contributed by atoms with Crippen molar-refractivity contribution < 1.29 is 9.21 Å². The Balaban J connectivity index is 1.78. The number of aryl methyl sites for hydroxylation is 1. The summed E-state index contributed by atoms with van der Waals surface area (Å²) < 4.78 is 5.70. The maximum Gasteiger partial charge on any atom is 0.299 e. The number of hydrogen-bond acceptors (Lipinski definition) is 6. The molecule has 0 unspecified atom stereocenters. The van der Waals surface area contributed by atoms with Crippen LogP contribution in [0.5, 0.6) is 0 Å². The summed E-state index contributed by atoms with van der Waals surface area (Å²) in [4.78, 5) is 19.8. The molecule has 1 amide bonds. The van der Waals surface area contributed by atoms with E-state index in [1.165, 1.54) is 0 Å². The van der Waals surface area contributed by atoms with Gasteiger partial charge in [0.25, 0.3) is 6.01 Å². The number of anilines is 3. The number of rotatable bonds is 5. The normalized spacial score (nSPS) is 10.1.